The second-order valence-electron chi connectivity index (χ2n) is 6.32. The Balaban J connectivity index is 2.44. The zero-order valence-electron chi connectivity index (χ0n) is 13.4. The molecule has 0 aliphatic carbocycles. The van der Waals surface area contributed by atoms with Crippen molar-refractivity contribution in [2.75, 3.05) is 0 Å². The number of rotatable bonds is 3. The maximum absolute atomic E-state index is 12.4. The van der Waals surface area contributed by atoms with Gasteiger partial charge in [0.1, 0.15) is 5.60 Å². The second kappa shape index (κ2) is 6.66. The molecule has 2 nitrogen and oxygen atoms in total. The Morgan fingerprint density at radius 1 is 1.14 bits per heavy atom. The van der Waals surface area contributed by atoms with Crippen molar-refractivity contribution in [2.24, 2.45) is 0 Å². The third-order valence-electron chi connectivity index (χ3n) is 3.34. The first kappa shape index (κ1) is 16.8. The Labute approximate surface area is 140 Å². The van der Waals surface area contributed by atoms with Gasteiger partial charge < -0.3 is 4.74 Å². The second-order valence-corrected chi connectivity index (χ2v) is 6.88. The molecule has 0 amide bonds. The quantitative estimate of drug-likeness (QED) is 0.532. The minimum absolute atomic E-state index is 0.287. The third kappa shape index (κ3) is 3.98. The highest BCUT2D eigenvalue weighted by molar-refractivity contribution is 9.08. The van der Waals surface area contributed by atoms with Crippen LogP contribution in [0.25, 0.3) is 11.1 Å². The summed E-state index contributed by atoms with van der Waals surface area (Å²) in [5, 5.41) is 0.826. The molecule has 0 saturated heterocycles. The molecule has 0 unspecified atom stereocenters. The fourth-order valence-electron chi connectivity index (χ4n) is 2.26. The molecule has 2 aromatic carbocycles. The lowest BCUT2D eigenvalue weighted by atomic mass is 9.96. The minimum atomic E-state index is -0.500. The summed E-state index contributed by atoms with van der Waals surface area (Å²) in [6, 6.07) is 13.8. The highest BCUT2D eigenvalue weighted by Gasteiger charge is 2.20. The Bertz CT molecular complexity index is 684. The summed E-state index contributed by atoms with van der Waals surface area (Å²) in [5.41, 5.74) is 4.49. The minimum Gasteiger partial charge on any atom is -0.456 e. The number of aryl methyl sites for hydroxylation is 1. The normalized spacial score (nSPS) is 11.3. The van der Waals surface area contributed by atoms with Crippen molar-refractivity contribution >= 4 is 21.9 Å². The first-order chi connectivity index (χ1) is 10.3. The molecule has 22 heavy (non-hydrogen) atoms. The number of ether oxygens (including phenoxy) is 1. The summed E-state index contributed by atoms with van der Waals surface area (Å²) in [7, 11) is 0. The first-order valence-corrected chi connectivity index (χ1v) is 8.42. The largest absolute Gasteiger partial charge is 0.456 e. The van der Waals surface area contributed by atoms with Gasteiger partial charge in [-0.15, -0.1) is 0 Å². The van der Waals surface area contributed by atoms with Crippen LogP contribution in [-0.4, -0.2) is 11.6 Å². The summed E-state index contributed by atoms with van der Waals surface area (Å²) in [4.78, 5) is 12.4. The Morgan fingerprint density at radius 2 is 1.82 bits per heavy atom. The van der Waals surface area contributed by atoms with Crippen molar-refractivity contribution in [3.8, 4) is 11.1 Å². The van der Waals surface area contributed by atoms with Gasteiger partial charge in [0.05, 0.1) is 5.56 Å². The number of carbonyl (C=O) groups excluding carboxylic acids is 1. The molecule has 0 aliphatic rings. The molecular formula is C19H21BrO2. The average molecular weight is 361 g/mol. The summed E-state index contributed by atoms with van der Waals surface area (Å²) < 4.78 is 5.51. The lowest BCUT2D eigenvalue weighted by Crippen LogP contribution is -2.24. The molecule has 0 atom stereocenters. The third-order valence-corrected chi connectivity index (χ3v) is 3.95. The van der Waals surface area contributed by atoms with Gasteiger partial charge >= 0.3 is 5.97 Å². The van der Waals surface area contributed by atoms with Gasteiger partial charge in [-0.3, -0.25) is 0 Å². The molecule has 0 fully saturated rings. The molecule has 116 valence electrons. The van der Waals surface area contributed by atoms with Crippen LogP contribution < -0.4 is 0 Å². The molecule has 0 radical (unpaired) electrons. The lowest BCUT2D eigenvalue weighted by molar-refractivity contribution is 0.00705. The fourth-order valence-corrected chi connectivity index (χ4v) is 2.89. The first-order valence-electron chi connectivity index (χ1n) is 7.30. The van der Waals surface area contributed by atoms with Gasteiger partial charge in [0.25, 0.3) is 0 Å². The lowest BCUT2D eigenvalue weighted by Gasteiger charge is -2.20. The number of halogens is 1. The molecule has 0 N–H and O–H groups in total. The highest BCUT2D eigenvalue weighted by Crippen LogP contribution is 2.28. The van der Waals surface area contributed by atoms with E-state index >= 15 is 0 Å². The van der Waals surface area contributed by atoms with Gasteiger partial charge in [-0.2, -0.15) is 0 Å². The number of alkyl halides is 1. The number of hydrogen-bond acceptors (Lipinski definition) is 2. The zero-order chi connectivity index (χ0) is 16.3. The maximum Gasteiger partial charge on any atom is 0.339 e. The van der Waals surface area contributed by atoms with E-state index in [9.17, 15) is 4.79 Å². The van der Waals surface area contributed by atoms with E-state index in [0.717, 1.165) is 16.5 Å². The van der Waals surface area contributed by atoms with Crippen molar-refractivity contribution in [2.45, 2.75) is 38.6 Å². The fraction of sp³-hybridized carbons (Fsp3) is 0.316. The standard InChI is InChI=1S/C19H21BrO2/c1-13-11-14(9-10-15(13)12-20)16-7-5-6-8-17(16)18(21)22-19(2,3)4/h5-11H,12H2,1-4H3. The molecule has 0 heterocycles. The van der Waals surface area contributed by atoms with E-state index in [-0.39, 0.29) is 5.97 Å². The Morgan fingerprint density at radius 3 is 2.41 bits per heavy atom. The van der Waals surface area contributed by atoms with Gasteiger partial charge in [-0.1, -0.05) is 52.3 Å². The van der Waals surface area contributed by atoms with Gasteiger partial charge in [-0.25, -0.2) is 4.79 Å². The predicted octanol–water partition coefficient (Wildman–Crippen LogP) is 5.51. The Hall–Kier alpha value is -1.61. The molecule has 2 aromatic rings. The van der Waals surface area contributed by atoms with Crippen LogP contribution in [0.3, 0.4) is 0 Å². The SMILES string of the molecule is Cc1cc(-c2ccccc2C(=O)OC(C)(C)C)ccc1CBr. The Kier molecular flexibility index (Phi) is 5.07. The molecule has 0 aromatic heterocycles. The van der Waals surface area contributed by atoms with Crippen LogP contribution in [0.4, 0.5) is 0 Å². The monoisotopic (exact) mass is 360 g/mol. The zero-order valence-corrected chi connectivity index (χ0v) is 15.0. The molecule has 0 spiro atoms. The molecule has 0 aliphatic heterocycles. The molecule has 0 bridgehead atoms. The molecular weight excluding hydrogens is 340 g/mol. The van der Waals surface area contributed by atoms with Gasteiger partial charge in [0.2, 0.25) is 0 Å². The van der Waals surface area contributed by atoms with Crippen molar-refractivity contribution < 1.29 is 9.53 Å². The van der Waals surface area contributed by atoms with Crippen LogP contribution in [-0.2, 0) is 10.1 Å². The van der Waals surface area contributed by atoms with Crippen LogP contribution in [0, 0.1) is 6.92 Å². The van der Waals surface area contributed by atoms with Gasteiger partial charge in [0, 0.05) is 5.33 Å². The average Bonchev–Trinajstić information content (AvgIpc) is 2.45. The summed E-state index contributed by atoms with van der Waals surface area (Å²) in [6.07, 6.45) is 0. The number of carbonyl (C=O) groups is 1. The van der Waals surface area contributed by atoms with Gasteiger partial charge in [0.15, 0.2) is 0 Å². The molecule has 2 rings (SSSR count). The number of hydrogen-bond donors (Lipinski definition) is 0. The molecule has 0 saturated carbocycles. The van der Waals surface area contributed by atoms with E-state index in [1.54, 1.807) is 0 Å². The van der Waals surface area contributed by atoms with E-state index < -0.39 is 5.60 Å². The van der Waals surface area contributed by atoms with Crippen molar-refractivity contribution in [3.05, 3.63) is 59.2 Å². The summed E-state index contributed by atoms with van der Waals surface area (Å²) in [6.45, 7) is 7.71. The van der Waals surface area contributed by atoms with Crippen LogP contribution in [0.5, 0.6) is 0 Å². The topological polar surface area (TPSA) is 26.3 Å². The van der Waals surface area contributed by atoms with Crippen molar-refractivity contribution in [1.82, 2.24) is 0 Å². The summed E-state index contributed by atoms with van der Waals surface area (Å²) in [5.74, 6) is -0.287. The van der Waals surface area contributed by atoms with Crippen LogP contribution in [0.15, 0.2) is 42.5 Å². The van der Waals surface area contributed by atoms with Gasteiger partial charge in [-0.05, 0) is 56.0 Å². The predicted molar refractivity (Wildman–Crippen MR) is 94.4 cm³/mol. The highest BCUT2D eigenvalue weighted by atomic mass is 79.9. The van der Waals surface area contributed by atoms with E-state index in [1.807, 2.05) is 51.1 Å². The number of esters is 1. The van der Waals surface area contributed by atoms with E-state index in [2.05, 4.69) is 35.0 Å². The maximum atomic E-state index is 12.4. The van der Waals surface area contributed by atoms with E-state index in [0.29, 0.717) is 5.56 Å². The smallest absolute Gasteiger partial charge is 0.339 e. The van der Waals surface area contributed by atoms with Crippen LogP contribution >= 0.6 is 15.9 Å². The van der Waals surface area contributed by atoms with Crippen molar-refractivity contribution in [1.29, 1.82) is 0 Å². The van der Waals surface area contributed by atoms with E-state index in [4.69, 9.17) is 4.74 Å². The van der Waals surface area contributed by atoms with Crippen LogP contribution in [0.1, 0.15) is 42.3 Å². The van der Waals surface area contributed by atoms with Crippen molar-refractivity contribution in [3.63, 3.8) is 0 Å². The molecule has 3 heteroatoms. The number of benzene rings is 2. The van der Waals surface area contributed by atoms with Crippen LogP contribution in [0.2, 0.25) is 0 Å². The van der Waals surface area contributed by atoms with E-state index in [1.165, 1.54) is 11.1 Å². The summed E-state index contributed by atoms with van der Waals surface area (Å²) >= 11 is 3.49.